The van der Waals surface area contributed by atoms with Gasteiger partial charge in [-0.05, 0) is 12.1 Å². The average Bonchev–Trinajstić information content (AvgIpc) is 2.88. The molecule has 1 heterocycles. The topological polar surface area (TPSA) is 111 Å². The second-order valence-corrected chi connectivity index (χ2v) is 5.49. The molecule has 1 aliphatic heterocycles. The van der Waals surface area contributed by atoms with Crippen molar-refractivity contribution >= 4 is 41.1 Å². The molecule has 2 atom stereocenters. The quantitative estimate of drug-likeness (QED) is 0.610. The number of hydrogen-bond donors (Lipinski definition) is 4. The Morgan fingerprint density at radius 2 is 1.91 bits per heavy atom. The molecule has 0 spiro atoms. The van der Waals surface area contributed by atoms with Gasteiger partial charge >= 0.3 is 11.9 Å². The SMILES string of the molecule is CNC1=NC(c2c(Cl)cccc2Cl)C(/C(=C/C(=O)O)C(=O)O)N1. The summed E-state index contributed by atoms with van der Waals surface area (Å²) in [6, 6.07) is 3.16. The average molecular weight is 358 g/mol. The third-order valence-corrected chi connectivity index (χ3v) is 3.93. The van der Waals surface area contributed by atoms with E-state index in [2.05, 4.69) is 15.6 Å². The number of carboxylic acids is 2. The van der Waals surface area contributed by atoms with Gasteiger partial charge in [0.15, 0.2) is 5.96 Å². The summed E-state index contributed by atoms with van der Waals surface area (Å²) in [7, 11) is 1.60. The Balaban J connectivity index is 2.55. The zero-order valence-electron chi connectivity index (χ0n) is 11.9. The summed E-state index contributed by atoms with van der Waals surface area (Å²) in [5, 5.41) is 24.5. The van der Waals surface area contributed by atoms with Crippen LogP contribution in [0, 0.1) is 0 Å². The first-order valence-corrected chi connectivity index (χ1v) is 7.24. The zero-order valence-corrected chi connectivity index (χ0v) is 13.4. The Kier molecular flexibility index (Phi) is 5.12. The number of aliphatic carboxylic acids is 2. The van der Waals surface area contributed by atoms with Gasteiger partial charge in [-0.1, -0.05) is 29.3 Å². The molecule has 0 amide bonds. The van der Waals surface area contributed by atoms with Crippen LogP contribution in [0.2, 0.25) is 10.0 Å². The number of carbonyl (C=O) groups is 2. The molecule has 2 rings (SSSR count). The highest BCUT2D eigenvalue weighted by Gasteiger charge is 2.37. The monoisotopic (exact) mass is 357 g/mol. The van der Waals surface area contributed by atoms with Crippen LogP contribution in [0.4, 0.5) is 0 Å². The van der Waals surface area contributed by atoms with Crippen molar-refractivity contribution in [2.75, 3.05) is 7.05 Å². The fourth-order valence-electron chi connectivity index (χ4n) is 2.30. The van der Waals surface area contributed by atoms with Gasteiger partial charge in [0.25, 0.3) is 0 Å². The molecule has 23 heavy (non-hydrogen) atoms. The maximum absolute atomic E-state index is 11.5. The van der Waals surface area contributed by atoms with Crippen LogP contribution in [0.5, 0.6) is 0 Å². The molecule has 9 heteroatoms. The van der Waals surface area contributed by atoms with Crippen molar-refractivity contribution < 1.29 is 19.8 Å². The summed E-state index contributed by atoms with van der Waals surface area (Å²) in [6.07, 6.45) is 0.631. The first-order valence-electron chi connectivity index (χ1n) is 6.49. The minimum Gasteiger partial charge on any atom is -0.478 e. The Morgan fingerprint density at radius 3 is 2.39 bits per heavy atom. The van der Waals surface area contributed by atoms with E-state index in [1.165, 1.54) is 0 Å². The van der Waals surface area contributed by atoms with E-state index in [1.807, 2.05) is 0 Å². The lowest BCUT2D eigenvalue weighted by Gasteiger charge is -2.21. The number of hydrogen-bond acceptors (Lipinski definition) is 5. The van der Waals surface area contributed by atoms with Gasteiger partial charge in [0, 0.05) is 28.7 Å². The Bertz CT molecular complexity index is 698. The molecule has 1 aromatic rings. The molecule has 0 aromatic heterocycles. The van der Waals surface area contributed by atoms with Gasteiger partial charge in [-0.25, -0.2) is 14.6 Å². The van der Waals surface area contributed by atoms with Gasteiger partial charge in [0.05, 0.1) is 11.6 Å². The summed E-state index contributed by atoms with van der Waals surface area (Å²) in [5.74, 6) is -2.43. The highest BCUT2D eigenvalue weighted by atomic mass is 35.5. The second-order valence-electron chi connectivity index (χ2n) is 4.67. The number of rotatable bonds is 4. The van der Waals surface area contributed by atoms with Crippen molar-refractivity contribution in [1.29, 1.82) is 0 Å². The predicted octanol–water partition coefficient (Wildman–Crippen LogP) is 1.68. The lowest BCUT2D eigenvalue weighted by Crippen LogP contribution is -2.40. The van der Waals surface area contributed by atoms with E-state index in [9.17, 15) is 14.7 Å². The van der Waals surface area contributed by atoms with Crippen molar-refractivity contribution in [2.24, 2.45) is 4.99 Å². The maximum atomic E-state index is 11.5. The number of benzene rings is 1. The molecule has 2 unspecified atom stereocenters. The minimum absolute atomic E-state index is 0.313. The summed E-state index contributed by atoms with van der Waals surface area (Å²) >= 11 is 12.3. The van der Waals surface area contributed by atoms with Gasteiger partial charge < -0.3 is 20.8 Å². The number of nitrogens with zero attached hydrogens (tertiary/aromatic N) is 1. The van der Waals surface area contributed by atoms with Crippen molar-refractivity contribution in [3.05, 3.63) is 45.5 Å². The van der Waals surface area contributed by atoms with E-state index in [0.717, 1.165) is 0 Å². The van der Waals surface area contributed by atoms with Crippen LogP contribution >= 0.6 is 23.2 Å². The second kappa shape index (κ2) is 6.89. The lowest BCUT2D eigenvalue weighted by atomic mass is 9.94. The molecule has 7 nitrogen and oxygen atoms in total. The molecule has 4 N–H and O–H groups in total. The third kappa shape index (κ3) is 3.57. The van der Waals surface area contributed by atoms with Gasteiger partial charge in [-0.3, -0.25) is 0 Å². The molecule has 0 saturated carbocycles. The van der Waals surface area contributed by atoms with E-state index in [1.54, 1.807) is 25.2 Å². The smallest absolute Gasteiger partial charge is 0.334 e. The highest BCUT2D eigenvalue weighted by Crippen LogP contribution is 2.38. The summed E-state index contributed by atoms with van der Waals surface area (Å²) in [4.78, 5) is 26.7. The van der Waals surface area contributed by atoms with Crippen molar-refractivity contribution in [2.45, 2.75) is 12.1 Å². The number of guanidine groups is 1. The van der Waals surface area contributed by atoms with Crippen LogP contribution in [0.3, 0.4) is 0 Å². The molecular weight excluding hydrogens is 345 g/mol. The molecule has 1 aliphatic rings. The first-order chi connectivity index (χ1) is 10.8. The number of aliphatic imine (C=N–C) groups is 1. The molecule has 0 fully saturated rings. The fourth-order valence-corrected chi connectivity index (χ4v) is 2.92. The largest absolute Gasteiger partial charge is 0.478 e. The van der Waals surface area contributed by atoms with Crippen LogP contribution in [0.25, 0.3) is 0 Å². The predicted molar refractivity (Wildman–Crippen MR) is 86.0 cm³/mol. The van der Waals surface area contributed by atoms with Crippen molar-refractivity contribution in [3.63, 3.8) is 0 Å². The molecule has 0 aliphatic carbocycles. The fraction of sp³-hybridized carbons (Fsp3) is 0.214. The maximum Gasteiger partial charge on any atom is 0.334 e. The van der Waals surface area contributed by atoms with Crippen LogP contribution in [-0.4, -0.2) is 41.2 Å². The minimum atomic E-state index is -1.37. The van der Waals surface area contributed by atoms with E-state index < -0.39 is 24.0 Å². The van der Waals surface area contributed by atoms with Gasteiger partial charge in [-0.15, -0.1) is 0 Å². The van der Waals surface area contributed by atoms with E-state index in [-0.39, 0.29) is 5.57 Å². The zero-order chi connectivity index (χ0) is 17.1. The van der Waals surface area contributed by atoms with Crippen LogP contribution in [0.1, 0.15) is 11.6 Å². The van der Waals surface area contributed by atoms with Crippen LogP contribution in [0.15, 0.2) is 34.8 Å². The standard InChI is InChI=1S/C14H13Cl2N3O4/c1-17-14-18-11(6(13(22)23)5-9(20)21)12(19-14)10-7(15)3-2-4-8(10)16/h2-5,11-12H,1H3,(H,20,21)(H,22,23)(H2,17,18,19)/b6-5-. The molecule has 0 radical (unpaired) electrons. The van der Waals surface area contributed by atoms with Crippen LogP contribution in [-0.2, 0) is 9.59 Å². The lowest BCUT2D eigenvalue weighted by molar-refractivity contribution is -0.135. The Morgan fingerprint density at radius 1 is 1.30 bits per heavy atom. The van der Waals surface area contributed by atoms with Crippen molar-refractivity contribution in [1.82, 2.24) is 10.6 Å². The third-order valence-electron chi connectivity index (χ3n) is 3.27. The summed E-state index contributed by atoms with van der Waals surface area (Å²) in [6.45, 7) is 0. The van der Waals surface area contributed by atoms with Gasteiger partial charge in [0.2, 0.25) is 0 Å². The molecule has 1 aromatic carbocycles. The van der Waals surface area contributed by atoms with Crippen LogP contribution < -0.4 is 10.6 Å². The van der Waals surface area contributed by atoms with E-state index >= 15 is 0 Å². The van der Waals surface area contributed by atoms with E-state index in [4.69, 9.17) is 28.3 Å². The van der Waals surface area contributed by atoms with E-state index in [0.29, 0.717) is 27.6 Å². The highest BCUT2D eigenvalue weighted by molar-refractivity contribution is 6.36. The normalized spacial score (nSPS) is 20.7. The van der Waals surface area contributed by atoms with Gasteiger partial charge in [-0.2, -0.15) is 0 Å². The molecule has 0 saturated heterocycles. The van der Waals surface area contributed by atoms with Crippen molar-refractivity contribution in [3.8, 4) is 0 Å². The number of nitrogens with one attached hydrogen (secondary N) is 2. The molecule has 122 valence electrons. The van der Waals surface area contributed by atoms with Gasteiger partial charge in [0.1, 0.15) is 6.04 Å². The Hall–Kier alpha value is -2.25. The molecule has 0 bridgehead atoms. The molecular formula is C14H13Cl2N3O4. The number of carboxylic acid groups (broad SMARTS) is 2. The summed E-state index contributed by atoms with van der Waals surface area (Å²) < 4.78 is 0. The Labute approximate surface area is 141 Å². The summed E-state index contributed by atoms with van der Waals surface area (Å²) in [5.41, 5.74) is 0.0728. The first kappa shape index (κ1) is 17.1. The number of halogens is 2.